The van der Waals surface area contributed by atoms with E-state index in [1.165, 1.54) is 0 Å². The van der Waals surface area contributed by atoms with Crippen LogP contribution in [0.2, 0.25) is 0 Å². The Hall–Kier alpha value is -3.35. The van der Waals surface area contributed by atoms with Crippen LogP contribution in [-0.4, -0.2) is 46.3 Å². The van der Waals surface area contributed by atoms with E-state index in [4.69, 9.17) is 14.3 Å². The Kier molecular flexibility index (Phi) is 5.93. The molecule has 1 saturated heterocycles. The van der Waals surface area contributed by atoms with Gasteiger partial charge < -0.3 is 14.1 Å². The molecule has 1 aliphatic heterocycles. The number of likely N-dealkylation sites (tertiary alicyclic amines) is 1. The van der Waals surface area contributed by atoms with Crippen LogP contribution >= 0.6 is 0 Å². The summed E-state index contributed by atoms with van der Waals surface area (Å²) in [6.45, 7) is 7.12. The molecule has 162 valence electrons. The van der Waals surface area contributed by atoms with E-state index in [9.17, 15) is 9.59 Å². The quantitative estimate of drug-likeness (QED) is 0.578. The van der Waals surface area contributed by atoms with Crippen LogP contribution in [0.1, 0.15) is 41.4 Å². The first kappa shape index (κ1) is 20.9. The van der Waals surface area contributed by atoms with Crippen molar-refractivity contribution in [2.45, 2.75) is 33.6 Å². The standard InChI is InChI=1S/C24H27N3O4/c1-4-30-24(29)18-7-5-11-26(15-18)23(28)21-14-19(22-8-6-12-31-22)25-27(21)20-10-9-16(2)13-17(20)3/h6,8-10,12-14,18H,4-5,7,11,15H2,1-3H3. The summed E-state index contributed by atoms with van der Waals surface area (Å²) in [4.78, 5) is 27.5. The molecule has 1 atom stereocenters. The van der Waals surface area contributed by atoms with Gasteiger partial charge in [-0.1, -0.05) is 17.7 Å². The Morgan fingerprint density at radius 1 is 1.23 bits per heavy atom. The van der Waals surface area contributed by atoms with Crippen molar-refractivity contribution >= 4 is 11.9 Å². The van der Waals surface area contributed by atoms with Gasteiger partial charge in [-0.15, -0.1) is 0 Å². The number of carbonyl (C=O) groups is 2. The van der Waals surface area contributed by atoms with Gasteiger partial charge in [0.15, 0.2) is 5.76 Å². The maximum atomic E-state index is 13.6. The highest BCUT2D eigenvalue weighted by molar-refractivity contribution is 5.94. The Balaban J connectivity index is 1.71. The van der Waals surface area contributed by atoms with Gasteiger partial charge in [-0.05, 0) is 57.4 Å². The van der Waals surface area contributed by atoms with Crippen molar-refractivity contribution in [2.24, 2.45) is 5.92 Å². The van der Waals surface area contributed by atoms with Crippen LogP contribution in [0.4, 0.5) is 0 Å². The van der Waals surface area contributed by atoms with E-state index in [1.807, 2.05) is 32.0 Å². The van der Waals surface area contributed by atoms with Gasteiger partial charge >= 0.3 is 5.97 Å². The number of piperidine rings is 1. The normalized spacial score (nSPS) is 16.4. The van der Waals surface area contributed by atoms with Crippen LogP contribution < -0.4 is 0 Å². The summed E-state index contributed by atoms with van der Waals surface area (Å²) in [6, 6.07) is 11.4. The van der Waals surface area contributed by atoms with Crippen LogP contribution in [-0.2, 0) is 9.53 Å². The third-order valence-electron chi connectivity index (χ3n) is 5.61. The third kappa shape index (κ3) is 4.26. The number of ether oxygens (including phenoxy) is 1. The molecule has 1 unspecified atom stereocenters. The van der Waals surface area contributed by atoms with Gasteiger partial charge in [-0.2, -0.15) is 5.10 Å². The topological polar surface area (TPSA) is 77.6 Å². The van der Waals surface area contributed by atoms with Gasteiger partial charge in [0.25, 0.3) is 5.91 Å². The number of carbonyl (C=O) groups excluding carboxylic acids is 2. The number of benzene rings is 1. The number of hydrogen-bond acceptors (Lipinski definition) is 5. The number of rotatable bonds is 5. The largest absolute Gasteiger partial charge is 0.466 e. The van der Waals surface area contributed by atoms with Crippen molar-refractivity contribution in [2.75, 3.05) is 19.7 Å². The maximum absolute atomic E-state index is 13.6. The molecule has 7 nitrogen and oxygen atoms in total. The van der Waals surface area contributed by atoms with E-state index in [2.05, 4.69) is 6.07 Å². The van der Waals surface area contributed by atoms with Gasteiger partial charge in [0.05, 0.1) is 24.5 Å². The summed E-state index contributed by atoms with van der Waals surface area (Å²) >= 11 is 0. The zero-order chi connectivity index (χ0) is 22.0. The fourth-order valence-corrected chi connectivity index (χ4v) is 4.08. The Bertz CT molecular complexity index is 1080. The first-order valence-corrected chi connectivity index (χ1v) is 10.7. The minimum absolute atomic E-state index is 0.153. The molecule has 1 amide bonds. The number of amides is 1. The van der Waals surface area contributed by atoms with E-state index in [1.54, 1.807) is 34.9 Å². The van der Waals surface area contributed by atoms with Gasteiger partial charge in [-0.25, -0.2) is 4.68 Å². The minimum Gasteiger partial charge on any atom is -0.466 e. The lowest BCUT2D eigenvalue weighted by Gasteiger charge is -2.31. The maximum Gasteiger partial charge on any atom is 0.310 e. The summed E-state index contributed by atoms with van der Waals surface area (Å²) in [5.74, 6) is -0.0845. The van der Waals surface area contributed by atoms with Gasteiger partial charge in [0.2, 0.25) is 0 Å². The van der Waals surface area contributed by atoms with Gasteiger partial charge in [0, 0.05) is 19.2 Å². The van der Waals surface area contributed by atoms with Gasteiger partial charge in [-0.3, -0.25) is 9.59 Å². The first-order chi connectivity index (χ1) is 15.0. The minimum atomic E-state index is -0.292. The third-order valence-corrected chi connectivity index (χ3v) is 5.61. The molecule has 1 aromatic carbocycles. The molecule has 4 rings (SSSR count). The number of esters is 1. The summed E-state index contributed by atoms with van der Waals surface area (Å²) in [7, 11) is 0. The number of furan rings is 1. The lowest BCUT2D eigenvalue weighted by molar-refractivity contribution is -0.149. The number of aryl methyl sites for hydroxylation is 2. The van der Waals surface area contributed by atoms with Gasteiger partial charge in [0.1, 0.15) is 11.4 Å². The second-order valence-electron chi connectivity index (χ2n) is 7.94. The number of nitrogens with zero attached hydrogens (tertiary/aromatic N) is 3. The highest BCUT2D eigenvalue weighted by atomic mass is 16.5. The molecule has 7 heteroatoms. The zero-order valence-electron chi connectivity index (χ0n) is 18.1. The summed E-state index contributed by atoms with van der Waals surface area (Å²) < 4.78 is 12.4. The molecule has 0 saturated carbocycles. The van der Waals surface area contributed by atoms with Crippen LogP contribution in [0.3, 0.4) is 0 Å². The fraction of sp³-hybridized carbons (Fsp3) is 0.375. The highest BCUT2D eigenvalue weighted by Crippen LogP contribution is 2.27. The summed E-state index contributed by atoms with van der Waals surface area (Å²) in [6.07, 6.45) is 3.08. The molecule has 1 aliphatic rings. The van der Waals surface area contributed by atoms with E-state index in [0.717, 1.165) is 29.7 Å². The Morgan fingerprint density at radius 3 is 2.77 bits per heavy atom. The smallest absolute Gasteiger partial charge is 0.310 e. The first-order valence-electron chi connectivity index (χ1n) is 10.7. The molecule has 2 aromatic heterocycles. The molecule has 3 heterocycles. The molecule has 0 N–H and O–H groups in total. The molecule has 0 radical (unpaired) electrons. The van der Waals surface area contributed by atoms with E-state index in [-0.39, 0.29) is 17.8 Å². The molecule has 0 spiro atoms. The molecule has 1 fully saturated rings. The average molecular weight is 421 g/mol. The average Bonchev–Trinajstić information content (AvgIpc) is 3.44. The molecule has 31 heavy (non-hydrogen) atoms. The van der Waals surface area contributed by atoms with Crippen molar-refractivity contribution in [3.8, 4) is 17.1 Å². The number of hydrogen-bond donors (Lipinski definition) is 0. The molecule has 3 aromatic rings. The van der Waals surface area contributed by atoms with Crippen LogP contribution in [0.5, 0.6) is 0 Å². The molecular weight excluding hydrogens is 394 g/mol. The van der Waals surface area contributed by atoms with Crippen LogP contribution in [0.15, 0.2) is 47.1 Å². The van der Waals surface area contributed by atoms with E-state index in [0.29, 0.717) is 36.8 Å². The number of aromatic nitrogens is 2. The monoisotopic (exact) mass is 421 g/mol. The fourth-order valence-electron chi connectivity index (χ4n) is 4.08. The molecule has 0 aliphatic carbocycles. The lowest BCUT2D eigenvalue weighted by Crippen LogP contribution is -2.43. The zero-order valence-corrected chi connectivity index (χ0v) is 18.1. The van der Waals surface area contributed by atoms with Crippen LogP contribution in [0.25, 0.3) is 17.1 Å². The Labute approximate surface area is 181 Å². The van der Waals surface area contributed by atoms with Crippen LogP contribution in [0, 0.1) is 19.8 Å². The highest BCUT2D eigenvalue weighted by Gasteiger charge is 2.32. The Morgan fingerprint density at radius 2 is 2.06 bits per heavy atom. The SMILES string of the molecule is CCOC(=O)C1CCCN(C(=O)c2cc(-c3ccco3)nn2-c2ccc(C)cc2C)C1. The molecular formula is C24H27N3O4. The predicted molar refractivity (Wildman–Crippen MR) is 116 cm³/mol. The van der Waals surface area contributed by atoms with Crippen molar-refractivity contribution in [1.82, 2.24) is 14.7 Å². The van der Waals surface area contributed by atoms with E-state index < -0.39 is 0 Å². The van der Waals surface area contributed by atoms with Crippen molar-refractivity contribution < 1.29 is 18.7 Å². The second-order valence-corrected chi connectivity index (χ2v) is 7.94. The lowest BCUT2D eigenvalue weighted by atomic mass is 9.98. The van der Waals surface area contributed by atoms with Crippen molar-refractivity contribution in [3.05, 3.63) is 59.5 Å². The molecule has 0 bridgehead atoms. The van der Waals surface area contributed by atoms with E-state index >= 15 is 0 Å². The van der Waals surface area contributed by atoms with Crippen molar-refractivity contribution in [3.63, 3.8) is 0 Å². The summed E-state index contributed by atoms with van der Waals surface area (Å²) in [5.41, 5.74) is 4.04. The summed E-state index contributed by atoms with van der Waals surface area (Å²) in [5, 5.41) is 4.70. The predicted octanol–water partition coefficient (Wildman–Crippen LogP) is 4.16. The second kappa shape index (κ2) is 8.79. The van der Waals surface area contributed by atoms with Crippen molar-refractivity contribution in [1.29, 1.82) is 0 Å².